The van der Waals surface area contributed by atoms with Gasteiger partial charge in [-0.15, -0.1) is 0 Å². The average Bonchev–Trinajstić information content (AvgIpc) is 3.30. The molecule has 0 aliphatic heterocycles. The number of hydrogen-bond donors (Lipinski definition) is 1. The standard InChI is InChI=1S/C21H18FNO7S/c1-28-20-9-6-15(11-18(20)22)19(24)13-30-21(25)14-4-7-17(8-5-14)31(26,27)23-12-16-3-2-10-29-16/h2-11,23H,12-13H2,1H3. The summed E-state index contributed by atoms with van der Waals surface area (Å²) in [5.41, 5.74) is 0.0777. The monoisotopic (exact) mass is 447 g/mol. The zero-order valence-corrected chi connectivity index (χ0v) is 17.1. The van der Waals surface area contributed by atoms with Gasteiger partial charge in [-0.2, -0.15) is 0 Å². The number of hydrogen-bond acceptors (Lipinski definition) is 7. The number of furan rings is 1. The van der Waals surface area contributed by atoms with Crippen molar-refractivity contribution in [1.82, 2.24) is 4.72 Å². The normalized spacial score (nSPS) is 11.2. The molecule has 0 unspecified atom stereocenters. The number of carbonyl (C=O) groups excluding carboxylic acids is 2. The maximum Gasteiger partial charge on any atom is 0.338 e. The lowest BCUT2D eigenvalue weighted by molar-refractivity contribution is 0.0474. The number of methoxy groups -OCH3 is 1. The molecule has 0 aliphatic rings. The Morgan fingerprint density at radius 1 is 1.06 bits per heavy atom. The van der Waals surface area contributed by atoms with Crippen LogP contribution in [-0.4, -0.2) is 33.9 Å². The van der Waals surface area contributed by atoms with E-state index in [1.54, 1.807) is 12.1 Å². The van der Waals surface area contributed by atoms with Gasteiger partial charge in [0.05, 0.1) is 30.4 Å². The predicted molar refractivity (Wildman–Crippen MR) is 107 cm³/mol. The van der Waals surface area contributed by atoms with Crippen LogP contribution in [0.1, 0.15) is 26.5 Å². The number of rotatable bonds is 9. The third kappa shape index (κ3) is 5.56. The van der Waals surface area contributed by atoms with E-state index in [0.29, 0.717) is 5.76 Å². The second-order valence-electron chi connectivity index (χ2n) is 6.28. The summed E-state index contributed by atoms with van der Waals surface area (Å²) in [6.45, 7) is -0.622. The smallest absolute Gasteiger partial charge is 0.338 e. The third-order valence-electron chi connectivity index (χ3n) is 4.22. The quantitative estimate of drug-likeness (QED) is 0.396. The van der Waals surface area contributed by atoms with E-state index in [2.05, 4.69) is 4.72 Å². The summed E-state index contributed by atoms with van der Waals surface area (Å²) >= 11 is 0. The van der Waals surface area contributed by atoms with Crippen LogP contribution in [0.2, 0.25) is 0 Å². The Labute approximate surface area is 177 Å². The molecule has 0 saturated heterocycles. The Kier molecular flexibility index (Phi) is 6.83. The molecule has 0 aliphatic carbocycles. The fourth-order valence-electron chi connectivity index (χ4n) is 2.57. The van der Waals surface area contributed by atoms with Crippen LogP contribution in [0.5, 0.6) is 5.75 Å². The van der Waals surface area contributed by atoms with Gasteiger partial charge in [-0.05, 0) is 54.6 Å². The molecule has 1 N–H and O–H groups in total. The first-order valence-electron chi connectivity index (χ1n) is 8.96. The molecule has 0 fully saturated rings. The molecule has 1 heterocycles. The van der Waals surface area contributed by atoms with E-state index in [1.807, 2.05) is 0 Å². The first-order valence-corrected chi connectivity index (χ1v) is 10.4. The van der Waals surface area contributed by atoms with Gasteiger partial charge in [0.2, 0.25) is 10.0 Å². The van der Waals surface area contributed by atoms with Gasteiger partial charge in [0.1, 0.15) is 5.76 Å². The van der Waals surface area contributed by atoms with Crippen LogP contribution in [0.4, 0.5) is 4.39 Å². The summed E-state index contributed by atoms with van der Waals surface area (Å²) in [4.78, 5) is 24.2. The number of carbonyl (C=O) groups is 2. The van der Waals surface area contributed by atoms with Crippen LogP contribution < -0.4 is 9.46 Å². The zero-order valence-electron chi connectivity index (χ0n) is 16.3. The highest BCUT2D eigenvalue weighted by molar-refractivity contribution is 7.89. The SMILES string of the molecule is COc1ccc(C(=O)COC(=O)c2ccc(S(=O)(=O)NCc3ccco3)cc2)cc1F. The number of ketones is 1. The Hall–Kier alpha value is -3.50. The van der Waals surface area contributed by atoms with Crippen molar-refractivity contribution in [3.8, 4) is 5.75 Å². The lowest BCUT2D eigenvalue weighted by atomic mass is 10.1. The number of halogens is 1. The average molecular weight is 447 g/mol. The molecule has 2 aromatic carbocycles. The molecule has 0 atom stereocenters. The maximum absolute atomic E-state index is 13.7. The summed E-state index contributed by atoms with van der Waals surface area (Å²) in [6.07, 6.45) is 1.43. The Balaban J connectivity index is 1.58. The summed E-state index contributed by atoms with van der Waals surface area (Å²) < 4.78 is 55.5. The van der Waals surface area contributed by atoms with E-state index in [0.717, 1.165) is 6.07 Å². The van der Waals surface area contributed by atoms with Gasteiger partial charge in [0.15, 0.2) is 24.0 Å². The van der Waals surface area contributed by atoms with Crippen molar-refractivity contribution in [1.29, 1.82) is 0 Å². The van der Waals surface area contributed by atoms with Crippen LogP contribution >= 0.6 is 0 Å². The molecule has 0 spiro atoms. The van der Waals surface area contributed by atoms with E-state index in [9.17, 15) is 22.4 Å². The largest absolute Gasteiger partial charge is 0.494 e. The van der Waals surface area contributed by atoms with Crippen LogP contribution in [0.25, 0.3) is 0 Å². The Bertz CT molecular complexity index is 1170. The summed E-state index contributed by atoms with van der Waals surface area (Å²) in [6, 6.07) is 11.9. The van der Waals surface area contributed by atoms with Crippen molar-refractivity contribution in [3.05, 3.63) is 83.6 Å². The fraction of sp³-hybridized carbons (Fsp3) is 0.143. The van der Waals surface area contributed by atoms with Gasteiger partial charge in [-0.25, -0.2) is 22.3 Å². The Morgan fingerprint density at radius 2 is 1.77 bits per heavy atom. The molecule has 1 aromatic heterocycles. The molecule has 3 rings (SSSR count). The molecule has 162 valence electrons. The highest BCUT2D eigenvalue weighted by Gasteiger charge is 2.17. The van der Waals surface area contributed by atoms with Gasteiger partial charge in [0, 0.05) is 5.56 Å². The number of Topliss-reactive ketones (excluding diaryl/α,β-unsaturated/α-hetero) is 1. The van der Waals surface area contributed by atoms with Crippen molar-refractivity contribution in [3.63, 3.8) is 0 Å². The van der Waals surface area contributed by atoms with Crippen LogP contribution in [0.3, 0.4) is 0 Å². The summed E-state index contributed by atoms with van der Waals surface area (Å²) in [5.74, 6) is -1.70. The van der Waals surface area contributed by atoms with E-state index in [4.69, 9.17) is 13.9 Å². The van der Waals surface area contributed by atoms with Gasteiger partial charge in [-0.1, -0.05) is 0 Å². The first-order chi connectivity index (χ1) is 14.8. The van der Waals surface area contributed by atoms with E-state index >= 15 is 0 Å². The lowest BCUT2D eigenvalue weighted by Crippen LogP contribution is -2.23. The summed E-state index contributed by atoms with van der Waals surface area (Å²) in [5, 5.41) is 0. The van der Waals surface area contributed by atoms with Crippen molar-refractivity contribution >= 4 is 21.8 Å². The molecule has 8 nitrogen and oxygen atoms in total. The highest BCUT2D eigenvalue weighted by atomic mass is 32.2. The summed E-state index contributed by atoms with van der Waals surface area (Å²) in [7, 11) is -2.51. The Morgan fingerprint density at radius 3 is 2.39 bits per heavy atom. The molecule has 31 heavy (non-hydrogen) atoms. The molecular weight excluding hydrogens is 429 g/mol. The molecule has 10 heteroatoms. The van der Waals surface area contributed by atoms with Crippen molar-refractivity contribution < 1.29 is 36.3 Å². The number of ether oxygens (including phenoxy) is 2. The zero-order chi connectivity index (χ0) is 22.4. The van der Waals surface area contributed by atoms with E-state index in [1.165, 1.54) is 49.8 Å². The molecule has 3 aromatic rings. The maximum atomic E-state index is 13.7. The minimum absolute atomic E-state index is 0.0118. The second kappa shape index (κ2) is 9.54. The topological polar surface area (TPSA) is 112 Å². The number of sulfonamides is 1. The fourth-order valence-corrected chi connectivity index (χ4v) is 3.56. The second-order valence-corrected chi connectivity index (χ2v) is 8.04. The van der Waals surface area contributed by atoms with Crippen LogP contribution in [0.15, 0.2) is 70.2 Å². The van der Waals surface area contributed by atoms with Gasteiger partial charge >= 0.3 is 5.97 Å². The number of esters is 1. The third-order valence-corrected chi connectivity index (χ3v) is 5.64. The molecule has 0 radical (unpaired) electrons. The van der Waals surface area contributed by atoms with Crippen LogP contribution in [-0.2, 0) is 21.3 Å². The molecular formula is C21H18FNO7S. The lowest BCUT2D eigenvalue weighted by Gasteiger charge is -2.08. The van der Waals surface area contributed by atoms with E-state index in [-0.39, 0.29) is 28.3 Å². The molecule has 0 saturated carbocycles. The predicted octanol–water partition coefficient (Wildman–Crippen LogP) is 2.95. The van der Waals surface area contributed by atoms with E-state index < -0.39 is 34.2 Å². The van der Waals surface area contributed by atoms with Gasteiger partial charge in [-0.3, -0.25) is 4.79 Å². The van der Waals surface area contributed by atoms with Crippen molar-refractivity contribution in [2.24, 2.45) is 0 Å². The molecule has 0 amide bonds. The van der Waals surface area contributed by atoms with Gasteiger partial charge in [0.25, 0.3) is 0 Å². The molecule has 0 bridgehead atoms. The minimum Gasteiger partial charge on any atom is -0.494 e. The van der Waals surface area contributed by atoms with Crippen molar-refractivity contribution in [2.75, 3.05) is 13.7 Å². The van der Waals surface area contributed by atoms with Gasteiger partial charge < -0.3 is 13.9 Å². The minimum atomic E-state index is -3.81. The first kappa shape index (κ1) is 22.2. The van der Waals surface area contributed by atoms with Crippen molar-refractivity contribution in [2.45, 2.75) is 11.4 Å². The number of benzene rings is 2. The van der Waals surface area contributed by atoms with Crippen LogP contribution in [0, 0.1) is 5.82 Å². The highest BCUT2D eigenvalue weighted by Crippen LogP contribution is 2.18. The number of nitrogens with one attached hydrogen (secondary N) is 1.